The predicted octanol–water partition coefficient (Wildman–Crippen LogP) is 2.97. The van der Waals surface area contributed by atoms with E-state index in [-0.39, 0.29) is 11.5 Å². The number of nitrogens with one attached hydrogen (secondary N) is 1. The highest BCUT2D eigenvalue weighted by Crippen LogP contribution is 2.39. The Labute approximate surface area is 130 Å². The van der Waals surface area contributed by atoms with Crippen molar-refractivity contribution in [1.29, 1.82) is 0 Å². The van der Waals surface area contributed by atoms with Crippen molar-refractivity contribution in [1.82, 2.24) is 5.32 Å². The van der Waals surface area contributed by atoms with Crippen molar-refractivity contribution in [2.75, 3.05) is 0 Å². The van der Waals surface area contributed by atoms with Crippen LogP contribution >= 0.6 is 15.9 Å². The van der Waals surface area contributed by atoms with Gasteiger partial charge in [0.25, 0.3) is 0 Å². The van der Waals surface area contributed by atoms with Crippen LogP contribution in [0.3, 0.4) is 0 Å². The fourth-order valence-corrected chi connectivity index (χ4v) is 2.48. The summed E-state index contributed by atoms with van der Waals surface area (Å²) in [6.45, 7) is 1.50. The number of carboxylic acid groups (broad SMARTS) is 1. The Morgan fingerprint density at radius 1 is 1.48 bits per heavy atom. The van der Waals surface area contributed by atoms with E-state index in [1.807, 2.05) is 0 Å². The SMILES string of the molecule is CC(NC(=O)/C=C/c1cc(Br)ccc1F)(C(=O)O)C1CC1. The van der Waals surface area contributed by atoms with Gasteiger partial charge in [0, 0.05) is 16.1 Å². The number of hydrogen-bond donors (Lipinski definition) is 2. The summed E-state index contributed by atoms with van der Waals surface area (Å²) >= 11 is 3.22. The number of rotatable bonds is 5. The first-order valence-corrected chi connectivity index (χ1v) is 7.31. The standard InChI is InChI=1S/C15H15BrFNO3/c1-15(14(20)21,10-3-4-10)18-13(19)7-2-9-8-11(16)5-6-12(9)17/h2,5-8,10H,3-4H2,1H3,(H,18,19)(H,20,21)/b7-2+. The molecule has 2 rings (SSSR count). The van der Waals surface area contributed by atoms with Gasteiger partial charge in [-0.15, -0.1) is 0 Å². The van der Waals surface area contributed by atoms with Crippen LogP contribution in [-0.2, 0) is 9.59 Å². The van der Waals surface area contributed by atoms with Gasteiger partial charge in [0.1, 0.15) is 11.4 Å². The Balaban J connectivity index is 2.09. The second kappa shape index (κ2) is 5.97. The van der Waals surface area contributed by atoms with Gasteiger partial charge < -0.3 is 10.4 Å². The first kappa shape index (κ1) is 15.7. The quantitative estimate of drug-likeness (QED) is 0.798. The molecule has 0 spiro atoms. The van der Waals surface area contributed by atoms with E-state index in [9.17, 15) is 19.1 Å². The van der Waals surface area contributed by atoms with Gasteiger partial charge in [0.05, 0.1) is 0 Å². The average molecular weight is 356 g/mol. The van der Waals surface area contributed by atoms with Crippen molar-refractivity contribution in [3.05, 3.63) is 40.1 Å². The Morgan fingerprint density at radius 3 is 2.71 bits per heavy atom. The van der Waals surface area contributed by atoms with Crippen molar-refractivity contribution in [2.24, 2.45) is 5.92 Å². The molecule has 1 aliphatic carbocycles. The van der Waals surface area contributed by atoms with Crippen LogP contribution in [0.15, 0.2) is 28.7 Å². The van der Waals surface area contributed by atoms with Crippen LogP contribution < -0.4 is 5.32 Å². The maximum Gasteiger partial charge on any atom is 0.329 e. The van der Waals surface area contributed by atoms with Crippen molar-refractivity contribution in [3.8, 4) is 0 Å². The number of carbonyl (C=O) groups is 2. The van der Waals surface area contributed by atoms with Gasteiger partial charge in [0.2, 0.25) is 5.91 Å². The molecule has 1 atom stereocenters. The number of hydrogen-bond acceptors (Lipinski definition) is 2. The fraction of sp³-hybridized carbons (Fsp3) is 0.333. The monoisotopic (exact) mass is 355 g/mol. The third-order valence-electron chi connectivity index (χ3n) is 3.59. The number of benzene rings is 1. The van der Waals surface area contributed by atoms with Crippen molar-refractivity contribution < 1.29 is 19.1 Å². The molecular weight excluding hydrogens is 341 g/mol. The molecule has 0 radical (unpaired) electrons. The Kier molecular flexibility index (Phi) is 4.46. The lowest BCUT2D eigenvalue weighted by molar-refractivity contribution is -0.147. The van der Waals surface area contributed by atoms with E-state index in [4.69, 9.17) is 0 Å². The van der Waals surface area contributed by atoms with Crippen molar-refractivity contribution in [3.63, 3.8) is 0 Å². The molecule has 1 saturated carbocycles. The molecule has 1 fully saturated rings. The predicted molar refractivity (Wildman–Crippen MR) is 80.0 cm³/mol. The van der Waals surface area contributed by atoms with E-state index < -0.39 is 23.2 Å². The van der Waals surface area contributed by atoms with Crippen molar-refractivity contribution >= 4 is 33.9 Å². The Morgan fingerprint density at radius 2 is 2.14 bits per heavy atom. The summed E-state index contributed by atoms with van der Waals surface area (Å²) in [6.07, 6.45) is 4.04. The number of halogens is 2. The first-order chi connectivity index (χ1) is 9.83. The average Bonchev–Trinajstić information content (AvgIpc) is 3.24. The topological polar surface area (TPSA) is 66.4 Å². The summed E-state index contributed by atoms with van der Waals surface area (Å²) in [5.41, 5.74) is -1.01. The number of aliphatic carboxylic acids is 1. The highest BCUT2D eigenvalue weighted by atomic mass is 79.9. The molecule has 1 amide bonds. The van der Waals surface area contributed by atoms with Gasteiger partial charge >= 0.3 is 5.97 Å². The molecule has 0 bridgehead atoms. The van der Waals surface area contributed by atoms with E-state index in [0.29, 0.717) is 4.47 Å². The molecule has 6 heteroatoms. The van der Waals surface area contributed by atoms with E-state index in [1.165, 1.54) is 25.1 Å². The van der Waals surface area contributed by atoms with E-state index in [1.54, 1.807) is 6.07 Å². The molecule has 1 aromatic rings. The smallest absolute Gasteiger partial charge is 0.329 e. The maximum atomic E-state index is 13.5. The van der Waals surface area contributed by atoms with Crippen LogP contribution in [0.5, 0.6) is 0 Å². The van der Waals surface area contributed by atoms with Crippen LogP contribution in [0.25, 0.3) is 6.08 Å². The second-order valence-electron chi connectivity index (χ2n) is 5.27. The largest absolute Gasteiger partial charge is 0.480 e. The van der Waals surface area contributed by atoms with Crippen LogP contribution in [0.1, 0.15) is 25.3 Å². The van der Waals surface area contributed by atoms with Gasteiger partial charge in [-0.1, -0.05) is 15.9 Å². The molecule has 4 nitrogen and oxygen atoms in total. The highest BCUT2D eigenvalue weighted by molar-refractivity contribution is 9.10. The Bertz CT molecular complexity index is 613. The lowest BCUT2D eigenvalue weighted by atomic mass is 9.96. The third kappa shape index (κ3) is 3.69. The molecule has 21 heavy (non-hydrogen) atoms. The normalized spacial score (nSPS) is 17.5. The number of carbonyl (C=O) groups excluding carboxylic acids is 1. The molecule has 0 saturated heterocycles. The van der Waals surface area contributed by atoms with Crippen molar-refractivity contribution in [2.45, 2.75) is 25.3 Å². The molecule has 2 N–H and O–H groups in total. The molecular formula is C15H15BrFNO3. The third-order valence-corrected chi connectivity index (χ3v) is 4.09. The van der Waals surface area contributed by atoms with Crippen LogP contribution in [0.4, 0.5) is 4.39 Å². The van der Waals surface area contributed by atoms with Gasteiger partial charge in [-0.2, -0.15) is 0 Å². The second-order valence-corrected chi connectivity index (χ2v) is 6.19. The van der Waals surface area contributed by atoms with E-state index in [0.717, 1.165) is 18.9 Å². The van der Waals surface area contributed by atoms with Gasteiger partial charge in [-0.3, -0.25) is 4.79 Å². The molecule has 0 aromatic heterocycles. The summed E-state index contributed by atoms with van der Waals surface area (Å²) in [4.78, 5) is 23.2. The zero-order valence-corrected chi connectivity index (χ0v) is 13.0. The van der Waals surface area contributed by atoms with E-state index in [2.05, 4.69) is 21.2 Å². The molecule has 1 unspecified atom stereocenters. The lowest BCUT2D eigenvalue weighted by Crippen LogP contribution is -2.53. The van der Waals surface area contributed by atoms with Crippen LogP contribution in [0, 0.1) is 11.7 Å². The number of carboxylic acids is 1. The minimum atomic E-state index is -1.27. The summed E-state index contributed by atoms with van der Waals surface area (Å²) in [6, 6.07) is 4.38. The molecule has 1 aromatic carbocycles. The highest BCUT2D eigenvalue weighted by Gasteiger charge is 2.48. The van der Waals surface area contributed by atoms with Gasteiger partial charge in [0.15, 0.2) is 0 Å². The minimum Gasteiger partial charge on any atom is -0.480 e. The molecule has 1 aliphatic rings. The molecule has 0 aliphatic heterocycles. The summed E-state index contributed by atoms with van der Waals surface area (Å²) in [5, 5.41) is 11.8. The summed E-state index contributed by atoms with van der Waals surface area (Å²) in [5.74, 6) is -2.10. The number of amides is 1. The fourth-order valence-electron chi connectivity index (χ4n) is 2.10. The molecule has 0 heterocycles. The maximum absolute atomic E-state index is 13.5. The van der Waals surface area contributed by atoms with E-state index >= 15 is 0 Å². The zero-order valence-electron chi connectivity index (χ0n) is 11.4. The first-order valence-electron chi connectivity index (χ1n) is 6.51. The minimum absolute atomic E-state index is 0.0463. The summed E-state index contributed by atoms with van der Waals surface area (Å²) in [7, 11) is 0. The Hall–Kier alpha value is -1.69. The van der Waals surface area contributed by atoms with Gasteiger partial charge in [-0.25, -0.2) is 9.18 Å². The lowest BCUT2D eigenvalue weighted by Gasteiger charge is -2.25. The summed E-state index contributed by atoms with van der Waals surface area (Å²) < 4.78 is 14.2. The zero-order chi connectivity index (χ0) is 15.6. The van der Waals surface area contributed by atoms with Crippen LogP contribution in [0.2, 0.25) is 0 Å². The van der Waals surface area contributed by atoms with Gasteiger partial charge in [-0.05, 0) is 50.0 Å². The van der Waals surface area contributed by atoms with Crippen LogP contribution in [-0.4, -0.2) is 22.5 Å². The molecule has 112 valence electrons.